The van der Waals surface area contributed by atoms with E-state index in [-0.39, 0.29) is 35.5 Å². The highest BCUT2D eigenvalue weighted by atomic mass is 16.3. The second kappa shape index (κ2) is 10.3. The maximum absolute atomic E-state index is 13.5. The molecular formula is C31H36N6O3. The van der Waals surface area contributed by atoms with Crippen LogP contribution in [0.15, 0.2) is 59.7 Å². The largest absolute Gasteiger partial charge is 0.388 e. The van der Waals surface area contributed by atoms with Gasteiger partial charge < -0.3 is 15.7 Å². The number of carbonyl (C=O) groups is 1. The zero-order valence-electron chi connectivity index (χ0n) is 23.1. The Morgan fingerprint density at radius 3 is 2.65 bits per heavy atom. The van der Waals surface area contributed by atoms with Crippen LogP contribution in [0.5, 0.6) is 0 Å². The van der Waals surface area contributed by atoms with Crippen LogP contribution in [0.3, 0.4) is 0 Å². The number of benzene rings is 2. The minimum absolute atomic E-state index is 0.0225. The number of carbonyl (C=O) groups excluding carboxylic acids is 1. The molecule has 1 aliphatic carbocycles. The topological polar surface area (TPSA) is 119 Å². The standard InChI is InChI=1S/C31H36N6O3/c1-20(21-6-4-3-5-7-21)16-26(38)36-14-12-31(40,13-15-36)18-37-19-33-27-28(30(37)39)34-35(2)29(27)23-9-8-22-10-11-25(32)24(22)17-23/h3-9,17,19-20,25,40H,10-16,18,32H2,1-2H3/t20-,25?/m1/s1. The van der Waals surface area contributed by atoms with Gasteiger partial charge in [0.1, 0.15) is 5.52 Å². The lowest BCUT2D eigenvalue weighted by Crippen LogP contribution is -2.49. The summed E-state index contributed by atoms with van der Waals surface area (Å²) in [4.78, 5) is 32.9. The van der Waals surface area contributed by atoms with Crippen molar-refractivity contribution in [2.75, 3.05) is 13.1 Å². The molecule has 4 aromatic rings. The van der Waals surface area contributed by atoms with Crippen LogP contribution in [0.2, 0.25) is 0 Å². The van der Waals surface area contributed by atoms with Gasteiger partial charge in [0, 0.05) is 38.2 Å². The van der Waals surface area contributed by atoms with E-state index < -0.39 is 5.60 Å². The van der Waals surface area contributed by atoms with Gasteiger partial charge in [0.05, 0.1) is 24.2 Å². The molecule has 6 rings (SSSR count). The molecule has 1 aliphatic heterocycles. The van der Waals surface area contributed by atoms with Crippen LogP contribution in [0, 0.1) is 0 Å². The molecule has 2 aromatic carbocycles. The number of nitrogens with two attached hydrogens (primary N) is 1. The van der Waals surface area contributed by atoms with Gasteiger partial charge in [-0.05, 0) is 54.4 Å². The Bertz CT molecular complexity index is 1620. The van der Waals surface area contributed by atoms with Crippen molar-refractivity contribution in [1.82, 2.24) is 24.2 Å². The maximum atomic E-state index is 13.5. The SMILES string of the molecule is C[C@H](CC(=O)N1CCC(O)(Cn2cnc3c(-c4ccc5c(c4)C(N)CC5)n(C)nc3c2=O)CC1)c1ccccc1. The van der Waals surface area contributed by atoms with Crippen molar-refractivity contribution >= 4 is 16.9 Å². The zero-order chi connectivity index (χ0) is 28.0. The molecule has 0 saturated carbocycles. The van der Waals surface area contributed by atoms with E-state index in [4.69, 9.17) is 5.73 Å². The number of hydrogen-bond acceptors (Lipinski definition) is 6. The number of likely N-dealkylation sites (tertiary alicyclic amines) is 1. The van der Waals surface area contributed by atoms with Gasteiger partial charge in [-0.1, -0.05) is 49.4 Å². The van der Waals surface area contributed by atoms with E-state index in [9.17, 15) is 14.7 Å². The quantitative estimate of drug-likeness (QED) is 0.387. The summed E-state index contributed by atoms with van der Waals surface area (Å²) >= 11 is 0. The van der Waals surface area contributed by atoms with Crippen LogP contribution in [-0.4, -0.2) is 53.9 Å². The molecule has 9 heteroatoms. The van der Waals surface area contributed by atoms with E-state index in [1.54, 1.807) is 4.68 Å². The molecule has 3 heterocycles. The summed E-state index contributed by atoms with van der Waals surface area (Å²) in [5.74, 6) is 0.217. The minimum atomic E-state index is -1.10. The Balaban J connectivity index is 1.16. The summed E-state index contributed by atoms with van der Waals surface area (Å²) in [5.41, 5.74) is 11.0. The van der Waals surface area contributed by atoms with Gasteiger partial charge >= 0.3 is 0 Å². The predicted molar refractivity (Wildman–Crippen MR) is 154 cm³/mol. The molecule has 2 aliphatic rings. The van der Waals surface area contributed by atoms with Crippen LogP contribution in [-0.2, 0) is 24.8 Å². The van der Waals surface area contributed by atoms with Crippen LogP contribution >= 0.6 is 0 Å². The Morgan fingerprint density at radius 2 is 1.90 bits per heavy atom. The van der Waals surface area contributed by atoms with Crippen LogP contribution in [0.1, 0.15) is 61.3 Å². The third-order valence-electron chi connectivity index (χ3n) is 8.72. The summed E-state index contributed by atoms with van der Waals surface area (Å²) < 4.78 is 3.15. The van der Waals surface area contributed by atoms with E-state index in [2.05, 4.69) is 29.1 Å². The number of nitrogens with zero attached hydrogens (tertiary/aromatic N) is 5. The lowest BCUT2D eigenvalue weighted by atomic mass is 9.90. The first-order valence-electron chi connectivity index (χ1n) is 14.1. The zero-order valence-corrected chi connectivity index (χ0v) is 23.1. The van der Waals surface area contributed by atoms with Crippen molar-refractivity contribution in [2.45, 2.75) is 63.1 Å². The average Bonchev–Trinajstić information content (AvgIpc) is 3.50. The van der Waals surface area contributed by atoms with Crippen LogP contribution in [0.25, 0.3) is 22.3 Å². The first-order valence-corrected chi connectivity index (χ1v) is 14.1. The maximum Gasteiger partial charge on any atom is 0.281 e. The molecule has 9 nitrogen and oxygen atoms in total. The lowest BCUT2D eigenvalue weighted by molar-refractivity contribution is -0.136. The summed E-state index contributed by atoms with van der Waals surface area (Å²) in [6.07, 6.45) is 4.65. The summed E-state index contributed by atoms with van der Waals surface area (Å²) in [6, 6.07) is 16.3. The number of fused-ring (bicyclic) bond motifs is 2. The molecule has 0 radical (unpaired) electrons. The summed E-state index contributed by atoms with van der Waals surface area (Å²) in [6.45, 7) is 3.08. The second-order valence-electron chi connectivity index (χ2n) is 11.5. The van der Waals surface area contributed by atoms with Gasteiger partial charge in [-0.2, -0.15) is 5.10 Å². The minimum Gasteiger partial charge on any atom is -0.388 e. The van der Waals surface area contributed by atoms with Crippen molar-refractivity contribution in [1.29, 1.82) is 0 Å². The molecule has 1 fully saturated rings. The monoisotopic (exact) mass is 540 g/mol. The van der Waals surface area contributed by atoms with Crippen molar-refractivity contribution < 1.29 is 9.90 Å². The van der Waals surface area contributed by atoms with Crippen LogP contribution < -0.4 is 11.3 Å². The van der Waals surface area contributed by atoms with Crippen molar-refractivity contribution in [3.05, 3.63) is 81.9 Å². The van der Waals surface area contributed by atoms with Gasteiger partial charge in [0.25, 0.3) is 5.56 Å². The number of aryl methyl sites for hydroxylation is 2. The molecule has 40 heavy (non-hydrogen) atoms. The Labute approximate surface area is 233 Å². The molecule has 1 unspecified atom stereocenters. The fourth-order valence-corrected chi connectivity index (χ4v) is 6.25. The number of aliphatic hydroxyl groups is 1. The Morgan fingerprint density at radius 1 is 1.15 bits per heavy atom. The van der Waals surface area contributed by atoms with Crippen LogP contribution in [0.4, 0.5) is 0 Å². The third-order valence-corrected chi connectivity index (χ3v) is 8.72. The molecule has 3 N–H and O–H groups in total. The molecule has 2 aromatic heterocycles. The van der Waals surface area contributed by atoms with Gasteiger partial charge in [-0.25, -0.2) is 4.98 Å². The summed E-state index contributed by atoms with van der Waals surface area (Å²) in [5, 5.41) is 15.9. The number of rotatable bonds is 6. The Kier molecular flexibility index (Phi) is 6.80. The first kappa shape index (κ1) is 26.4. The number of amides is 1. The normalized spacial score (nSPS) is 19.1. The van der Waals surface area contributed by atoms with Gasteiger partial charge in [0.15, 0.2) is 5.52 Å². The average molecular weight is 541 g/mol. The highest BCUT2D eigenvalue weighted by Crippen LogP contribution is 2.34. The molecule has 0 spiro atoms. The van der Waals surface area contributed by atoms with Gasteiger partial charge in [-0.15, -0.1) is 0 Å². The fraction of sp³-hybridized carbons (Fsp3) is 0.419. The van der Waals surface area contributed by atoms with Crippen molar-refractivity contribution in [3.8, 4) is 11.3 Å². The van der Waals surface area contributed by atoms with E-state index in [0.29, 0.717) is 37.9 Å². The molecular weight excluding hydrogens is 504 g/mol. The highest BCUT2D eigenvalue weighted by Gasteiger charge is 2.35. The molecule has 1 amide bonds. The molecule has 0 bridgehead atoms. The third kappa shape index (κ3) is 4.84. The highest BCUT2D eigenvalue weighted by molar-refractivity contribution is 5.89. The summed E-state index contributed by atoms with van der Waals surface area (Å²) in [7, 11) is 1.81. The van der Waals surface area contributed by atoms with Crippen molar-refractivity contribution in [3.63, 3.8) is 0 Å². The Hall–Kier alpha value is -3.82. The van der Waals surface area contributed by atoms with E-state index in [1.807, 2.05) is 48.3 Å². The number of aromatic nitrogens is 4. The number of hydrogen-bond donors (Lipinski definition) is 2. The lowest BCUT2D eigenvalue weighted by Gasteiger charge is -2.38. The molecule has 2 atom stereocenters. The molecule has 1 saturated heterocycles. The van der Waals surface area contributed by atoms with Gasteiger partial charge in [0.2, 0.25) is 5.91 Å². The second-order valence-corrected chi connectivity index (χ2v) is 11.5. The smallest absolute Gasteiger partial charge is 0.281 e. The predicted octanol–water partition coefficient (Wildman–Crippen LogP) is 3.29. The van der Waals surface area contributed by atoms with E-state index in [1.165, 1.54) is 16.5 Å². The van der Waals surface area contributed by atoms with E-state index in [0.717, 1.165) is 35.2 Å². The first-order chi connectivity index (χ1) is 19.2. The van der Waals surface area contributed by atoms with Gasteiger partial charge in [-0.3, -0.25) is 18.8 Å². The van der Waals surface area contributed by atoms with E-state index >= 15 is 0 Å². The fourth-order valence-electron chi connectivity index (χ4n) is 6.25. The molecule has 208 valence electrons. The number of piperidine rings is 1. The van der Waals surface area contributed by atoms with Crippen molar-refractivity contribution in [2.24, 2.45) is 12.8 Å².